The van der Waals surface area contributed by atoms with Crippen LogP contribution in [0.2, 0.25) is 0 Å². The maximum Gasteiger partial charge on any atom is 0.155 e. The van der Waals surface area contributed by atoms with Gasteiger partial charge in [0, 0.05) is 0 Å². The number of hydrogen-bond donors (Lipinski definition) is 0. The largest absolute Gasteiger partial charge is 0.295 e. The number of Topliss-reactive ketones (excluding diaryl/α,β-unsaturated/α-hetero) is 1. The van der Waals surface area contributed by atoms with Crippen LogP contribution in [0.4, 0.5) is 0 Å². The predicted molar refractivity (Wildman–Crippen MR) is 55.5 cm³/mol. The van der Waals surface area contributed by atoms with E-state index >= 15 is 0 Å². The van der Waals surface area contributed by atoms with Crippen LogP contribution in [0.5, 0.6) is 0 Å². The zero-order valence-corrected chi connectivity index (χ0v) is 8.60. The van der Waals surface area contributed by atoms with E-state index in [0.29, 0.717) is 0 Å². The highest BCUT2D eigenvalue weighted by Crippen LogP contribution is 2.42. The molecule has 1 atom stereocenters. The highest BCUT2D eigenvalue weighted by Gasteiger charge is 2.30. The Kier molecular flexibility index (Phi) is 3.07. The van der Waals surface area contributed by atoms with Gasteiger partial charge in [0.1, 0.15) is 0 Å². The molecule has 0 unspecified atom stereocenters. The van der Waals surface area contributed by atoms with Gasteiger partial charge in [-0.1, -0.05) is 19.1 Å². The Morgan fingerprint density at radius 1 is 1.77 bits per heavy atom. The van der Waals surface area contributed by atoms with Crippen molar-refractivity contribution >= 4 is 5.78 Å². The van der Waals surface area contributed by atoms with Gasteiger partial charge in [-0.05, 0) is 43.6 Å². The molecule has 0 aromatic heterocycles. The molecule has 0 N–H and O–H groups in total. The zero-order chi connectivity index (χ0) is 9.90. The maximum absolute atomic E-state index is 11.2. The Hall–Kier alpha value is -0.850. The molecule has 1 heteroatoms. The summed E-state index contributed by atoms with van der Waals surface area (Å²) in [6, 6.07) is 0. The summed E-state index contributed by atoms with van der Waals surface area (Å²) in [5.41, 5.74) is 1.26. The molecule has 0 saturated heterocycles. The first-order valence-electron chi connectivity index (χ1n) is 4.97. The molecule has 0 aliphatic heterocycles. The van der Waals surface area contributed by atoms with Gasteiger partial charge in [0.15, 0.2) is 5.78 Å². The van der Waals surface area contributed by atoms with Crippen molar-refractivity contribution in [2.45, 2.75) is 39.5 Å². The molecule has 0 aromatic rings. The number of rotatable bonds is 4. The monoisotopic (exact) mass is 178 g/mol. The van der Waals surface area contributed by atoms with Gasteiger partial charge in [-0.25, -0.2) is 0 Å². The Bertz CT molecular complexity index is 250. The van der Waals surface area contributed by atoms with Crippen LogP contribution in [0, 0.1) is 5.41 Å². The topological polar surface area (TPSA) is 17.1 Å². The van der Waals surface area contributed by atoms with E-state index in [4.69, 9.17) is 0 Å². The van der Waals surface area contributed by atoms with Gasteiger partial charge in [0.05, 0.1) is 0 Å². The van der Waals surface area contributed by atoms with Gasteiger partial charge >= 0.3 is 0 Å². The van der Waals surface area contributed by atoms with Gasteiger partial charge < -0.3 is 0 Å². The van der Waals surface area contributed by atoms with Crippen LogP contribution in [0.15, 0.2) is 24.3 Å². The minimum Gasteiger partial charge on any atom is -0.295 e. The molecule has 0 bridgehead atoms. The Labute approximate surface area is 80.5 Å². The highest BCUT2D eigenvalue weighted by molar-refractivity contribution is 5.93. The Balaban J connectivity index is 2.81. The smallest absolute Gasteiger partial charge is 0.155 e. The molecule has 1 rings (SSSR count). The van der Waals surface area contributed by atoms with Crippen LogP contribution >= 0.6 is 0 Å². The quantitative estimate of drug-likeness (QED) is 0.604. The van der Waals surface area contributed by atoms with E-state index in [0.717, 1.165) is 31.3 Å². The van der Waals surface area contributed by atoms with Crippen molar-refractivity contribution in [3.63, 3.8) is 0 Å². The summed E-state index contributed by atoms with van der Waals surface area (Å²) in [6.45, 7) is 7.61. The Morgan fingerprint density at radius 2 is 2.46 bits per heavy atom. The predicted octanol–water partition coefficient (Wildman–Crippen LogP) is 3.27. The fraction of sp³-hybridized carbons (Fsp3) is 0.583. The van der Waals surface area contributed by atoms with E-state index in [9.17, 15) is 4.79 Å². The van der Waals surface area contributed by atoms with Crippen LogP contribution in [0.3, 0.4) is 0 Å². The first-order valence-corrected chi connectivity index (χ1v) is 4.97. The van der Waals surface area contributed by atoms with Gasteiger partial charge in [-0.15, -0.1) is 6.58 Å². The van der Waals surface area contributed by atoms with E-state index in [-0.39, 0.29) is 11.2 Å². The number of hydrogen-bond acceptors (Lipinski definition) is 1. The summed E-state index contributed by atoms with van der Waals surface area (Å²) in [5, 5.41) is 0. The third-order valence-electron chi connectivity index (χ3n) is 3.08. The molecule has 13 heavy (non-hydrogen) atoms. The molecule has 0 heterocycles. The third kappa shape index (κ3) is 2.09. The molecule has 0 saturated carbocycles. The molecule has 0 radical (unpaired) electrons. The lowest BCUT2D eigenvalue weighted by Gasteiger charge is -2.23. The molecule has 0 aromatic carbocycles. The first-order chi connectivity index (χ1) is 6.13. The minimum atomic E-state index is 0.236. The standard InChI is InChI=1S/C12H18O/c1-4-7-12(5-2)8-6-11(9-12)10(3)13/h4,9H,1,5-8H2,2-3H3/t12-/m1/s1. The SMILES string of the molecule is C=CC[C@@]1(CC)C=C(C(C)=O)CC1. The molecule has 1 aliphatic rings. The number of carbonyl (C=O) groups is 1. The summed E-state index contributed by atoms with van der Waals surface area (Å²) in [7, 11) is 0. The van der Waals surface area contributed by atoms with Crippen LogP contribution in [-0.4, -0.2) is 5.78 Å². The molecular weight excluding hydrogens is 160 g/mol. The third-order valence-corrected chi connectivity index (χ3v) is 3.08. The fourth-order valence-corrected chi connectivity index (χ4v) is 2.05. The lowest BCUT2D eigenvalue weighted by atomic mass is 9.81. The lowest BCUT2D eigenvalue weighted by Crippen LogP contribution is -2.11. The van der Waals surface area contributed by atoms with E-state index in [1.165, 1.54) is 0 Å². The van der Waals surface area contributed by atoms with Crippen LogP contribution in [-0.2, 0) is 4.79 Å². The molecule has 1 nitrogen and oxygen atoms in total. The summed E-state index contributed by atoms with van der Waals surface area (Å²) in [6.07, 6.45) is 8.32. The van der Waals surface area contributed by atoms with Crippen molar-refractivity contribution in [2.75, 3.05) is 0 Å². The van der Waals surface area contributed by atoms with E-state index in [1.807, 2.05) is 6.08 Å². The van der Waals surface area contributed by atoms with Crippen molar-refractivity contribution in [3.8, 4) is 0 Å². The lowest BCUT2D eigenvalue weighted by molar-refractivity contribution is -0.113. The van der Waals surface area contributed by atoms with Crippen molar-refractivity contribution in [1.82, 2.24) is 0 Å². The van der Waals surface area contributed by atoms with Gasteiger partial charge in [0.2, 0.25) is 0 Å². The average molecular weight is 178 g/mol. The zero-order valence-electron chi connectivity index (χ0n) is 8.60. The summed E-state index contributed by atoms with van der Waals surface area (Å²) >= 11 is 0. The summed E-state index contributed by atoms with van der Waals surface area (Å²) < 4.78 is 0. The first kappa shape index (κ1) is 10.2. The highest BCUT2D eigenvalue weighted by atomic mass is 16.1. The molecule has 0 spiro atoms. The summed E-state index contributed by atoms with van der Waals surface area (Å²) in [4.78, 5) is 11.2. The van der Waals surface area contributed by atoms with Gasteiger partial charge in [0.25, 0.3) is 0 Å². The van der Waals surface area contributed by atoms with Crippen LogP contribution in [0.25, 0.3) is 0 Å². The van der Waals surface area contributed by atoms with Crippen molar-refractivity contribution in [2.24, 2.45) is 5.41 Å². The number of carbonyl (C=O) groups excluding carboxylic acids is 1. The normalized spacial score (nSPS) is 27.1. The number of allylic oxidation sites excluding steroid dienone is 3. The number of ketones is 1. The molecule has 0 fully saturated rings. The fourth-order valence-electron chi connectivity index (χ4n) is 2.05. The van der Waals surface area contributed by atoms with Gasteiger partial charge in [-0.3, -0.25) is 4.79 Å². The van der Waals surface area contributed by atoms with Gasteiger partial charge in [-0.2, -0.15) is 0 Å². The summed E-state index contributed by atoms with van der Waals surface area (Å²) in [5.74, 6) is 0.236. The average Bonchev–Trinajstić information content (AvgIpc) is 2.51. The maximum atomic E-state index is 11.2. The molecular formula is C12H18O. The van der Waals surface area contributed by atoms with Crippen molar-refractivity contribution < 1.29 is 4.79 Å². The Morgan fingerprint density at radius 3 is 2.85 bits per heavy atom. The van der Waals surface area contributed by atoms with E-state index in [1.54, 1.807) is 6.92 Å². The van der Waals surface area contributed by atoms with E-state index in [2.05, 4.69) is 19.6 Å². The van der Waals surface area contributed by atoms with Crippen molar-refractivity contribution in [3.05, 3.63) is 24.3 Å². The van der Waals surface area contributed by atoms with Crippen LogP contribution in [0.1, 0.15) is 39.5 Å². The molecule has 1 aliphatic carbocycles. The van der Waals surface area contributed by atoms with Crippen LogP contribution < -0.4 is 0 Å². The second-order valence-corrected chi connectivity index (χ2v) is 3.93. The second kappa shape index (κ2) is 3.91. The second-order valence-electron chi connectivity index (χ2n) is 3.93. The molecule has 72 valence electrons. The van der Waals surface area contributed by atoms with E-state index < -0.39 is 0 Å². The van der Waals surface area contributed by atoms with Crippen molar-refractivity contribution in [1.29, 1.82) is 0 Å². The molecule has 0 amide bonds. The minimum absolute atomic E-state index is 0.236.